The summed E-state index contributed by atoms with van der Waals surface area (Å²) in [6, 6.07) is 12.9. The molecule has 1 atom stereocenters. The number of nitrogens with zero attached hydrogens (tertiary/aromatic N) is 1. The molecule has 0 radical (unpaired) electrons. The number of anilines is 1. The van der Waals surface area contributed by atoms with Crippen LogP contribution in [0.15, 0.2) is 57.8 Å². The van der Waals surface area contributed by atoms with Crippen molar-refractivity contribution in [2.24, 2.45) is 0 Å². The highest BCUT2D eigenvalue weighted by molar-refractivity contribution is 7.99. The number of ether oxygens (including phenoxy) is 1. The Morgan fingerprint density at radius 1 is 1.18 bits per heavy atom. The summed E-state index contributed by atoms with van der Waals surface area (Å²) in [7, 11) is 0. The minimum atomic E-state index is -0.573. The lowest BCUT2D eigenvalue weighted by molar-refractivity contribution is -0.122. The van der Waals surface area contributed by atoms with Gasteiger partial charge in [0.2, 0.25) is 0 Å². The van der Waals surface area contributed by atoms with Crippen LogP contribution in [0.5, 0.6) is 5.75 Å². The van der Waals surface area contributed by atoms with E-state index in [9.17, 15) is 14.4 Å². The fourth-order valence-electron chi connectivity index (χ4n) is 3.54. The summed E-state index contributed by atoms with van der Waals surface area (Å²) < 4.78 is 5.52. The molecule has 0 saturated heterocycles. The minimum absolute atomic E-state index is 0.0919. The highest BCUT2D eigenvalue weighted by Gasteiger charge is 2.24. The Balaban J connectivity index is 1.34. The van der Waals surface area contributed by atoms with E-state index in [1.165, 1.54) is 23.1 Å². The third-order valence-corrected chi connectivity index (χ3v) is 7.10. The first kappa shape index (κ1) is 21.4. The number of fused-ring (bicyclic) bond motifs is 2. The second-order valence-electron chi connectivity index (χ2n) is 7.74. The molecule has 2 N–H and O–H groups in total. The van der Waals surface area contributed by atoms with Gasteiger partial charge in [0.15, 0.2) is 17.0 Å². The second-order valence-corrected chi connectivity index (χ2v) is 9.56. The molecule has 0 bridgehead atoms. The number of benzene rings is 2. The molecule has 5 rings (SSSR count). The predicted molar refractivity (Wildman–Crippen MR) is 131 cm³/mol. The number of amides is 1. The first-order valence-corrected chi connectivity index (χ1v) is 12.1. The molecule has 1 amide bonds. The lowest BCUT2D eigenvalue weighted by atomic mass is 10.1. The summed E-state index contributed by atoms with van der Waals surface area (Å²) in [5.41, 5.74) is 3.66. The average molecular weight is 478 g/mol. The number of aromatic nitrogens is 2. The van der Waals surface area contributed by atoms with E-state index in [4.69, 9.17) is 4.74 Å². The molecule has 0 fully saturated rings. The number of Topliss-reactive ketones (excluding diaryl/α,β-unsaturated/α-hetero) is 1. The number of carbonyl (C=O) groups excluding carboxylic acids is 2. The van der Waals surface area contributed by atoms with Crippen molar-refractivity contribution in [2.45, 2.75) is 25.1 Å². The maximum Gasteiger partial charge on any atom is 0.265 e. The molecule has 4 aromatic rings. The molecule has 0 saturated carbocycles. The average Bonchev–Trinajstić information content (AvgIpc) is 3.23. The van der Waals surface area contributed by atoms with Crippen LogP contribution in [0.1, 0.15) is 22.8 Å². The molecule has 0 spiro atoms. The number of thioether (sulfide) groups is 1. The number of rotatable bonds is 5. The summed E-state index contributed by atoms with van der Waals surface area (Å²) >= 11 is 2.57. The molecule has 33 heavy (non-hydrogen) atoms. The summed E-state index contributed by atoms with van der Waals surface area (Å²) in [6.07, 6.45) is -0.573. The van der Waals surface area contributed by atoms with E-state index in [1.54, 1.807) is 25.1 Å². The van der Waals surface area contributed by atoms with Crippen molar-refractivity contribution in [3.63, 3.8) is 0 Å². The van der Waals surface area contributed by atoms with Crippen LogP contribution in [0.4, 0.5) is 5.69 Å². The number of thiophene rings is 1. The molecule has 2 aromatic carbocycles. The summed E-state index contributed by atoms with van der Waals surface area (Å²) in [4.78, 5) is 45.3. The van der Waals surface area contributed by atoms with Crippen LogP contribution < -0.4 is 15.6 Å². The highest BCUT2D eigenvalue weighted by Crippen LogP contribution is 2.33. The zero-order valence-electron chi connectivity index (χ0n) is 17.8. The van der Waals surface area contributed by atoms with Gasteiger partial charge in [0.05, 0.1) is 16.8 Å². The molecule has 9 heteroatoms. The topological polar surface area (TPSA) is 101 Å². The zero-order chi connectivity index (χ0) is 23.1. The van der Waals surface area contributed by atoms with Crippen molar-refractivity contribution in [1.29, 1.82) is 0 Å². The Hall–Kier alpha value is -3.43. The van der Waals surface area contributed by atoms with Crippen LogP contribution in [-0.4, -0.2) is 33.5 Å². The van der Waals surface area contributed by atoms with Gasteiger partial charge in [-0.1, -0.05) is 41.6 Å². The number of nitrogens with one attached hydrogen (secondary N) is 2. The normalized spacial score (nSPS) is 15.1. The van der Waals surface area contributed by atoms with Gasteiger partial charge in [-0.3, -0.25) is 14.4 Å². The Bertz CT molecular complexity index is 1460. The highest BCUT2D eigenvalue weighted by atomic mass is 32.2. The molecule has 2 aromatic heterocycles. The van der Waals surface area contributed by atoms with Crippen molar-refractivity contribution >= 4 is 50.7 Å². The molecular weight excluding hydrogens is 458 g/mol. The van der Waals surface area contributed by atoms with Crippen molar-refractivity contribution in [2.75, 3.05) is 11.1 Å². The van der Waals surface area contributed by atoms with Gasteiger partial charge in [0, 0.05) is 16.5 Å². The number of aryl methyl sites for hydroxylation is 1. The van der Waals surface area contributed by atoms with Crippen LogP contribution in [0.2, 0.25) is 0 Å². The number of ketones is 1. The van der Waals surface area contributed by atoms with Gasteiger partial charge in [-0.15, -0.1) is 11.3 Å². The Kier molecular flexibility index (Phi) is 5.51. The summed E-state index contributed by atoms with van der Waals surface area (Å²) in [5, 5.41) is 5.62. The number of carbonyl (C=O) groups is 2. The minimum Gasteiger partial charge on any atom is -0.479 e. The predicted octanol–water partition coefficient (Wildman–Crippen LogP) is 4.65. The monoisotopic (exact) mass is 477 g/mol. The SMILES string of the molecule is Cc1ccc(-c2csc3nc(SCC(=O)c4ccc5c(c4)NC(=O)C(C)O5)[nH]c(=O)c23)cc1. The summed E-state index contributed by atoms with van der Waals surface area (Å²) in [5.74, 6) is 0.224. The lowest BCUT2D eigenvalue weighted by Gasteiger charge is -2.23. The van der Waals surface area contributed by atoms with Gasteiger partial charge in [-0.05, 0) is 37.6 Å². The van der Waals surface area contributed by atoms with Gasteiger partial charge < -0.3 is 15.0 Å². The first-order chi connectivity index (χ1) is 15.9. The molecule has 1 aliphatic heterocycles. The van der Waals surface area contributed by atoms with Crippen molar-refractivity contribution in [3.05, 3.63) is 69.3 Å². The quantitative estimate of drug-likeness (QED) is 0.246. The van der Waals surface area contributed by atoms with Crippen LogP contribution in [0.25, 0.3) is 21.3 Å². The second kappa shape index (κ2) is 8.49. The molecular formula is C24H19N3O4S2. The Labute approximate surface area is 197 Å². The van der Waals surface area contributed by atoms with Crippen LogP contribution >= 0.6 is 23.1 Å². The largest absolute Gasteiger partial charge is 0.479 e. The van der Waals surface area contributed by atoms with Crippen LogP contribution in [0, 0.1) is 6.92 Å². The van der Waals surface area contributed by atoms with E-state index >= 15 is 0 Å². The van der Waals surface area contributed by atoms with Gasteiger partial charge in [-0.2, -0.15) is 0 Å². The van der Waals surface area contributed by atoms with E-state index in [0.29, 0.717) is 32.4 Å². The van der Waals surface area contributed by atoms with E-state index < -0.39 is 6.10 Å². The van der Waals surface area contributed by atoms with Gasteiger partial charge >= 0.3 is 0 Å². The fourth-order valence-corrected chi connectivity index (χ4v) is 5.30. The third kappa shape index (κ3) is 4.17. The molecule has 166 valence electrons. The number of aromatic amines is 1. The Morgan fingerprint density at radius 2 is 1.97 bits per heavy atom. The molecule has 0 aliphatic carbocycles. The molecule has 7 nitrogen and oxygen atoms in total. The number of H-pyrrole nitrogens is 1. The van der Waals surface area contributed by atoms with E-state index in [-0.39, 0.29) is 23.0 Å². The maximum atomic E-state index is 12.8. The third-order valence-electron chi connectivity index (χ3n) is 5.36. The van der Waals surface area contributed by atoms with Gasteiger partial charge in [-0.25, -0.2) is 4.98 Å². The zero-order valence-corrected chi connectivity index (χ0v) is 19.4. The standard InChI is InChI=1S/C24H19N3O4S2/c1-12-3-5-14(6-4-12)16-10-32-23-20(16)22(30)26-24(27-23)33-11-18(28)15-7-8-19-17(9-15)25-21(29)13(2)31-19/h3-10,13H,11H2,1-2H3,(H,25,29)(H,26,27,30). The van der Waals surface area contributed by atoms with Crippen LogP contribution in [-0.2, 0) is 4.79 Å². The Morgan fingerprint density at radius 3 is 2.76 bits per heavy atom. The number of hydrogen-bond donors (Lipinski definition) is 2. The lowest BCUT2D eigenvalue weighted by Crippen LogP contribution is -2.34. The molecule has 3 heterocycles. The van der Waals surface area contributed by atoms with E-state index in [1.807, 2.05) is 36.6 Å². The van der Waals surface area contributed by atoms with Crippen molar-refractivity contribution in [3.8, 4) is 16.9 Å². The molecule has 1 aliphatic rings. The van der Waals surface area contributed by atoms with E-state index in [2.05, 4.69) is 15.3 Å². The van der Waals surface area contributed by atoms with Crippen molar-refractivity contribution in [1.82, 2.24) is 9.97 Å². The van der Waals surface area contributed by atoms with Gasteiger partial charge in [0.1, 0.15) is 10.6 Å². The first-order valence-electron chi connectivity index (χ1n) is 10.2. The maximum absolute atomic E-state index is 12.8. The van der Waals surface area contributed by atoms with Crippen LogP contribution in [0.3, 0.4) is 0 Å². The fraction of sp³-hybridized carbons (Fsp3) is 0.167. The van der Waals surface area contributed by atoms with Crippen molar-refractivity contribution < 1.29 is 14.3 Å². The smallest absolute Gasteiger partial charge is 0.265 e. The molecule has 1 unspecified atom stereocenters. The van der Waals surface area contributed by atoms with Gasteiger partial charge in [0.25, 0.3) is 11.5 Å². The number of hydrogen-bond acceptors (Lipinski definition) is 7. The summed E-state index contributed by atoms with van der Waals surface area (Å²) in [6.45, 7) is 3.68. The van der Waals surface area contributed by atoms with E-state index in [0.717, 1.165) is 16.7 Å².